The van der Waals surface area contributed by atoms with E-state index in [2.05, 4.69) is 0 Å². The fourth-order valence-electron chi connectivity index (χ4n) is 2.56. The summed E-state index contributed by atoms with van der Waals surface area (Å²) in [7, 11) is 0. The highest BCUT2D eigenvalue weighted by atomic mass is 16.6. The van der Waals surface area contributed by atoms with Crippen molar-refractivity contribution in [1.29, 1.82) is 0 Å². The van der Waals surface area contributed by atoms with Gasteiger partial charge in [-0.15, -0.1) is 0 Å². The molecule has 2 rings (SSSR count). The third-order valence-corrected chi connectivity index (χ3v) is 3.59. The molecule has 2 aromatic carbocycles. The molecule has 0 unspecified atom stereocenters. The highest BCUT2D eigenvalue weighted by Crippen LogP contribution is 2.26. The van der Waals surface area contributed by atoms with Gasteiger partial charge in [0.1, 0.15) is 5.60 Å². The van der Waals surface area contributed by atoms with Crippen LogP contribution in [0.1, 0.15) is 37.9 Å². The minimum absolute atomic E-state index is 0.0613. The molecular formula is C20H24N2O4. The summed E-state index contributed by atoms with van der Waals surface area (Å²) in [4.78, 5) is 26.0. The summed E-state index contributed by atoms with van der Waals surface area (Å²) in [5.74, 6) is -1.13. The van der Waals surface area contributed by atoms with Gasteiger partial charge in [-0.2, -0.15) is 0 Å². The van der Waals surface area contributed by atoms with Crippen molar-refractivity contribution in [3.05, 3.63) is 65.7 Å². The number of aliphatic carboxylic acids is 1. The predicted molar refractivity (Wildman–Crippen MR) is 99.5 cm³/mol. The second kappa shape index (κ2) is 7.91. The minimum atomic E-state index is -1.17. The van der Waals surface area contributed by atoms with Gasteiger partial charge in [-0.25, -0.2) is 9.59 Å². The first-order valence-electron chi connectivity index (χ1n) is 8.29. The van der Waals surface area contributed by atoms with E-state index in [4.69, 9.17) is 10.5 Å². The molecule has 6 heteroatoms. The maximum atomic E-state index is 12.8. The highest BCUT2D eigenvalue weighted by Gasteiger charge is 2.34. The smallest absolute Gasteiger partial charge is 0.411 e. The first-order chi connectivity index (χ1) is 12.2. The summed E-state index contributed by atoms with van der Waals surface area (Å²) < 4.78 is 5.45. The van der Waals surface area contributed by atoms with Crippen molar-refractivity contribution < 1.29 is 19.4 Å². The third kappa shape index (κ3) is 5.24. The summed E-state index contributed by atoms with van der Waals surface area (Å²) in [6.07, 6.45) is -0.698. The van der Waals surface area contributed by atoms with Gasteiger partial charge in [-0.3, -0.25) is 4.90 Å². The van der Waals surface area contributed by atoms with Crippen molar-refractivity contribution in [1.82, 2.24) is 4.90 Å². The molecule has 0 aliphatic heterocycles. The second-order valence-corrected chi connectivity index (χ2v) is 7.00. The molecular weight excluding hydrogens is 332 g/mol. The number of benzene rings is 2. The SMILES string of the molecule is CC(C)(C)OC(=O)N(Cc1cccc(N)c1)[C@H](C(=O)O)c1ccccc1. The Morgan fingerprint density at radius 3 is 2.31 bits per heavy atom. The van der Waals surface area contributed by atoms with Crippen LogP contribution < -0.4 is 5.73 Å². The van der Waals surface area contributed by atoms with Crippen molar-refractivity contribution >= 4 is 17.7 Å². The summed E-state index contributed by atoms with van der Waals surface area (Å²) in [5, 5.41) is 9.80. The Kier molecular flexibility index (Phi) is 5.87. The van der Waals surface area contributed by atoms with Crippen LogP contribution in [-0.4, -0.2) is 27.7 Å². The van der Waals surface area contributed by atoms with E-state index in [1.807, 2.05) is 0 Å². The van der Waals surface area contributed by atoms with Crippen molar-refractivity contribution in [2.75, 3.05) is 5.73 Å². The summed E-state index contributed by atoms with van der Waals surface area (Å²) in [6, 6.07) is 14.4. The number of anilines is 1. The normalized spacial score (nSPS) is 12.3. The van der Waals surface area contributed by atoms with Gasteiger partial charge in [-0.1, -0.05) is 42.5 Å². The van der Waals surface area contributed by atoms with Crippen molar-refractivity contribution in [2.24, 2.45) is 0 Å². The second-order valence-electron chi connectivity index (χ2n) is 7.00. The first kappa shape index (κ1) is 19.3. The molecule has 1 amide bonds. The number of hydrogen-bond acceptors (Lipinski definition) is 4. The Morgan fingerprint density at radius 2 is 1.77 bits per heavy atom. The Balaban J connectivity index is 2.43. The molecule has 3 N–H and O–H groups in total. The van der Waals surface area contributed by atoms with Crippen molar-refractivity contribution in [2.45, 2.75) is 39.0 Å². The van der Waals surface area contributed by atoms with E-state index in [0.717, 1.165) is 5.56 Å². The van der Waals surface area contributed by atoms with E-state index in [1.165, 1.54) is 4.90 Å². The molecule has 0 aliphatic carbocycles. The maximum absolute atomic E-state index is 12.8. The van der Waals surface area contributed by atoms with Crippen LogP contribution >= 0.6 is 0 Å². The molecule has 6 nitrogen and oxygen atoms in total. The van der Waals surface area contributed by atoms with Gasteiger partial charge < -0.3 is 15.6 Å². The molecule has 0 bridgehead atoms. The zero-order valence-electron chi connectivity index (χ0n) is 15.2. The third-order valence-electron chi connectivity index (χ3n) is 3.59. The van der Waals surface area contributed by atoms with E-state index < -0.39 is 23.7 Å². The molecule has 0 saturated heterocycles. The van der Waals surface area contributed by atoms with E-state index in [1.54, 1.807) is 75.4 Å². The topological polar surface area (TPSA) is 92.9 Å². The molecule has 0 fully saturated rings. The Morgan fingerprint density at radius 1 is 1.12 bits per heavy atom. The van der Waals surface area contributed by atoms with Crippen molar-refractivity contribution in [3.63, 3.8) is 0 Å². The van der Waals surface area contributed by atoms with Crippen LogP contribution in [0.5, 0.6) is 0 Å². The zero-order valence-corrected chi connectivity index (χ0v) is 15.2. The number of rotatable bonds is 5. The van der Waals surface area contributed by atoms with Crippen LogP contribution in [0.2, 0.25) is 0 Å². The predicted octanol–water partition coefficient (Wildman–Crippen LogP) is 3.83. The van der Waals surface area contributed by atoms with Crippen molar-refractivity contribution in [3.8, 4) is 0 Å². The minimum Gasteiger partial charge on any atom is -0.479 e. The monoisotopic (exact) mass is 356 g/mol. The molecule has 0 spiro atoms. The number of carboxylic acids is 1. The molecule has 0 heterocycles. The summed E-state index contributed by atoms with van der Waals surface area (Å²) >= 11 is 0. The molecule has 2 aromatic rings. The molecule has 0 aromatic heterocycles. The Bertz CT molecular complexity index is 769. The highest BCUT2D eigenvalue weighted by molar-refractivity contribution is 5.81. The fraction of sp³-hybridized carbons (Fsp3) is 0.300. The average Bonchev–Trinajstić information content (AvgIpc) is 2.53. The number of nitrogen functional groups attached to an aromatic ring is 1. The molecule has 0 aliphatic rings. The number of carboxylic acid groups (broad SMARTS) is 1. The van der Waals surface area contributed by atoms with Crippen LogP contribution in [0.25, 0.3) is 0 Å². The van der Waals surface area contributed by atoms with Gasteiger partial charge in [0.25, 0.3) is 0 Å². The molecule has 1 atom stereocenters. The van der Waals surface area contributed by atoms with E-state index >= 15 is 0 Å². The van der Waals surface area contributed by atoms with Gasteiger partial charge in [0.2, 0.25) is 0 Å². The van der Waals surface area contributed by atoms with E-state index in [-0.39, 0.29) is 6.54 Å². The number of hydrogen-bond donors (Lipinski definition) is 2. The lowest BCUT2D eigenvalue weighted by Gasteiger charge is -2.31. The largest absolute Gasteiger partial charge is 0.479 e. The number of carbonyl (C=O) groups excluding carboxylic acids is 1. The quantitative estimate of drug-likeness (QED) is 0.794. The number of nitrogens with two attached hydrogens (primary N) is 1. The van der Waals surface area contributed by atoms with Crippen LogP contribution in [0.3, 0.4) is 0 Å². The van der Waals surface area contributed by atoms with Gasteiger partial charge in [0, 0.05) is 5.69 Å². The Hall–Kier alpha value is -3.02. The lowest BCUT2D eigenvalue weighted by Crippen LogP contribution is -2.41. The van der Waals surface area contributed by atoms with E-state index in [9.17, 15) is 14.7 Å². The zero-order chi connectivity index (χ0) is 19.3. The summed E-state index contributed by atoms with van der Waals surface area (Å²) in [5.41, 5.74) is 6.82. The number of carbonyl (C=O) groups is 2. The molecule has 138 valence electrons. The number of nitrogens with zero attached hydrogens (tertiary/aromatic N) is 1. The first-order valence-corrected chi connectivity index (χ1v) is 8.29. The lowest BCUT2D eigenvalue weighted by molar-refractivity contribution is -0.143. The van der Waals surface area contributed by atoms with Crippen LogP contribution in [-0.2, 0) is 16.1 Å². The van der Waals surface area contributed by atoms with Gasteiger partial charge in [0.05, 0.1) is 6.54 Å². The molecule has 26 heavy (non-hydrogen) atoms. The molecule has 0 saturated carbocycles. The van der Waals surface area contributed by atoms with Gasteiger partial charge >= 0.3 is 12.1 Å². The Labute approximate surface area is 153 Å². The van der Waals surface area contributed by atoms with Crippen LogP contribution in [0.15, 0.2) is 54.6 Å². The van der Waals surface area contributed by atoms with Gasteiger partial charge in [-0.05, 0) is 44.0 Å². The number of ether oxygens (including phenoxy) is 1. The number of amides is 1. The van der Waals surface area contributed by atoms with Crippen LogP contribution in [0, 0.1) is 0 Å². The standard InChI is InChI=1S/C20H24N2O4/c1-20(2,3)26-19(25)22(13-14-8-7-11-16(21)12-14)17(18(23)24)15-9-5-4-6-10-15/h4-12,17H,13,21H2,1-3H3,(H,23,24)/t17-/m0/s1. The fourth-order valence-corrected chi connectivity index (χ4v) is 2.56. The van der Waals surface area contributed by atoms with Gasteiger partial charge in [0.15, 0.2) is 6.04 Å². The van der Waals surface area contributed by atoms with Crippen LogP contribution in [0.4, 0.5) is 10.5 Å². The molecule has 0 radical (unpaired) electrons. The van der Waals surface area contributed by atoms with E-state index in [0.29, 0.717) is 11.3 Å². The lowest BCUT2D eigenvalue weighted by atomic mass is 10.0. The maximum Gasteiger partial charge on any atom is 0.411 e. The summed E-state index contributed by atoms with van der Waals surface area (Å²) in [6.45, 7) is 5.28. The average molecular weight is 356 g/mol.